The molecule has 0 radical (unpaired) electrons. The Morgan fingerprint density at radius 1 is 1.02 bits per heavy atom. The third-order valence-corrected chi connectivity index (χ3v) is 11.1. The van der Waals surface area contributed by atoms with Crippen LogP contribution >= 0.6 is 11.6 Å². The van der Waals surface area contributed by atoms with Crippen LogP contribution in [0.5, 0.6) is 0 Å². The van der Waals surface area contributed by atoms with Crippen LogP contribution in [0.1, 0.15) is 42.4 Å². The highest BCUT2D eigenvalue weighted by atomic mass is 35.5. The van der Waals surface area contributed by atoms with Crippen LogP contribution in [0.4, 0.5) is 0 Å². The summed E-state index contributed by atoms with van der Waals surface area (Å²) < 4.78 is 38.3. The molecular formula is C30H38ClN3O6S2. The summed E-state index contributed by atoms with van der Waals surface area (Å²) >= 11 is 6.15. The van der Waals surface area contributed by atoms with Crippen molar-refractivity contribution in [2.45, 2.75) is 50.4 Å². The molecule has 2 N–H and O–H groups in total. The van der Waals surface area contributed by atoms with Gasteiger partial charge >= 0.3 is 0 Å². The average Bonchev–Trinajstić information content (AvgIpc) is 3.46. The number of Topliss-reactive ketones (excluding diaryl/α,β-unsaturated/α-hetero) is 1. The molecule has 0 saturated carbocycles. The highest BCUT2D eigenvalue weighted by Crippen LogP contribution is 2.26. The molecule has 2 aromatic carbocycles. The molecule has 2 atom stereocenters. The van der Waals surface area contributed by atoms with Gasteiger partial charge in [0.25, 0.3) is 0 Å². The molecule has 2 heterocycles. The number of sulfone groups is 1. The highest BCUT2D eigenvalue weighted by Gasteiger charge is 2.39. The lowest BCUT2D eigenvalue weighted by Gasteiger charge is -2.31. The van der Waals surface area contributed by atoms with Crippen LogP contribution in [0.3, 0.4) is 0 Å². The summed E-state index contributed by atoms with van der Waals surface area (Å²) in [7, 11) is -4.75. The zero-order valence-corrected chi connectivity index (χ0v) is 26.0. The van der Waals surface area contributed by atoms with E-state index in [1.54, 1.807) is 47.4 Å². The van der Waals surface area contributed by atoms with E-state index < -0.39 is 44.3 Å². The van der Waals surface area contributed by atoms with Crippen molar-refractivity contribution < 1.29 is 27.0 Å². The molecule has 2 aromatic rings. The van der Waals surface area contributed by atoms with Gasteiger partial charge in [-0.25, -0.2) is 8.42 Å². The number of benzene rings is 2. The number of ketones is 1. The van der Waals surface area contributed by atoms with E-state index in [0.29, 0.717) is 67.5 Å². The molecule has 0 spiro atoms. The minimum atomic E-state index is -3.77. The van der Waals surface area contributed by atoms with Crippen LogP contribution in [0.15, 0.2) is 48.5 Å². The number of aryl methyl sites for hydroxylation is 1. The molecule has 9 nitrogen and oxygen atoms in total. The molecule has 2 amide bonds. The first kappa shape index (κ1) is 32.3. The van der Waals surface area contributed by atoms with E-state index in [1.165, 1.54) is 4.90 Å². The first-order valence-corrected chi connectivity index (χ1v) is 17.9. The molecule has 0 bridgehead atoms. The van der Waals surface area contributed by atoms with Crippen molar-refractivity contribution in [3.05, 3.63) is 70.2 Å². The number of hydrogen-bond donors (Lipinski definition) is 1. The highest BCUT2D eigenvalue weighted by molar-refractivity contribution is 7.90. The topological polar surface area (TPSA) is 135 Å². The fraction of sp³-hybridized carbons (Fsp3) is 0.500. The number of nitrogens with two attached hydrogens (primary N) is 1. The molecule has 0 unspecified atom stereocenters. The van der Waals surface area contributed by atoms with Gasteiger partial charge in [-0.1, -0.05) is 48.0 Å². The second-order valence-corrected chi connectivity index (χ2v) is 15.2. The van der Waals surface area contributed by atoms with Crippen LogP contribution in [-0.4, -0.2) is 83.0 Å². The van der Waals surface area contributed by atoms with Crippen LogP contribution in [0.25, 0.3) is 0 Å². The summed E-state index contributed by atoms with van der Waals surface area (Å²) in [6, 6.07) is 13.4. The molecule has 2 fully saturated rings. The van der Waals surface area contributed by atoms with E-state index in [0.717, 1.165) is 11.1 Å². The first-order valence-electron chi connectivity index (χ1n) is 14.2. The number of halogens is 1. The minimum absolute atomic E-state index is 0.112. The Morgan fingerprint density at radius 2 is 1.74 bits per heavy atom. The fourth-order valence-electron chi connectivity index (χ4n) is 5.69. The van der Waals surface area contributed by atoms with Gasteiger partial charge in [-0.05, 0) is 48.1 Å². The molecule has 0 aliphatic carbocycles. The number of amides is 2. The van der Waals surface area contributed by atoms with Crippen molar-refractivity contribution >= 4 is 49.8 Å². The van der Waals surface area contributed by atoms with Gasteiger partial charge in [-0.2, -0.15) is 0 Å². The lowest BCUT2D eigenvalue weighted by Crippen LogP contribution is -2.48. The number of likely N-dealkylation sites (tertiary alicyclic amines) is 1. The monoisotopic (exact) mass is 635 g/mol. The maximum Gasteiger partial charge on any atom is 0.227 e. The predicted octanol–water partition coefficient (Wildman–Crippen LogP) is 2.50. The van der Waals surface area contributed by atoms with Crippen LogP contribution in [-0.2, 0) is 53.7 Å². The lowest BCUT2D eigenvalue weighted by molar-refractivity contribution is -0.143. The molecule has 2 aliphatic rings. The lowest BCUT2D eigenvalue weighted by atomic mass is 9.97. The van der Waals surface area contributed by atoms with Crippen LogP contribution < -0.4 is 5.73 Å². The third-order valence-electron chi connectivity index (χ3n) is 7.92. The van der Waals surface area contributed by atoms with E-state index in [-0.39, 0.29) is 30.3 Å². The second kappa shape index (κ2) is 14.7. The number of rotatable bonds is 12. The number of carbonyl (C=O) groups excluding carboxylic acids is 3. The number of carbonyl (C=O) groups is 3. The van der Waals surface area contributed by atoms with Crippen molar-refractivity contribution in [3.8, 4) is 0 Å². The van der Waals surface area contributed by atoms with E-state index in [1.807, 2.05) is 6.07 Å². The Morgan fingerprint density at radius 3 is 2.43 bits per heavy atom. The van der Waals surface area contributed by atoms with Crippen LogP contribution in [0.2, 0.25) is 5.02 Å². The van der Waals surface area contributed by atoms with Crippen molar-refractivity contribution in [1.82, 2.24) is 9.80 Å². The molecule has 42 heavy (non-hydrogen) atoms. The number of hydrogen-bond acceptors (Lipinski definition) is 7. The van der Waals surface area contributed by atoms with Crippen molar-refractivity contribution in [2.24, 2.45) is 11.7 Å². The standard InChI is InChI=1S/C30H38ClN3O6S2/c31-26-10-8-24(19-32)23(17-26)9-11-28(35)27-7-4-12-34(27)30(37)25(18-29(36)33-13-15-41(38)16-14-33)21-42(39,40)20-22-5-2-1-3-6-22/h1-3,5-6,8,10,17,25,27H,4,7,9,11-16,18-21,32H2/t25-,27-/m0/s1. The molecular weight excluding hydrogens is 598 g/mol. The Hall–Kier alpha value is -2.60. The van der Waals surface area contributed by atoms with Gasteiger partial charge in [0.15, 0.2) is 15.6 Å². The third kappa shape index (κ3) is 8.72. The van der Waals surface area contributed by atoms with Gasteiger partial charge in [-0.3, -0.25) is 18.6 Å². The summed E-state index contributed by atoms with van der Waals surface area (Å²) in [6.07, 6.45) is 1.43. The number of nitrogens with zero attached hydrogens (tertiary/aromatic N) is 2. The van der Waals surface area contributed by atoms with Gasteiger partial charge in [0.1, 0.15) is 0 Å². The van der Waals surface area contributed by atoms with E-state index in [4.69, 9.17) is 17.3 Å². The van der Waals surface area contributed by atoms with Gasteiger partial charge in [0, 0.05) is 66.3 Å². The first-order chi connectivity index (χ1) is 20.1. The predicted molar refractivity (Wildman–Crippen MR) is 164 cm³/mol. The molecule has 228 valence electrons. The van der Waals surface area contributed by atoms with Gasteiger partial charge < -0.3 is 15.5 Å². The Labute approximate surface area is 255 Å². The molecule has 12 heteroatoms. The van der Waals surface area contributed by atoms with E-state index in [2.05, 4.69) is 0 Å². The molecule has 2 aliphatic heterocycles. The molecule has 2 saturated heterocycles. The van der Waals surface area contributed by atoms with Gasteiger partial charge in [0.05, 0.1) is 23.5 Å². The Balaban J connectivity index is 1.49. The van der Waals surface area contributed by atoms with Gasteiger partial charge in [-0.15, -0.1) is 0 Å². The van der Waals surface area contributed by atoms with Crippen molar-refractivity contribution in [2.75, 3.05) is 36.9 Å². The van der Waals surface area contributed by atoms with E-state index in [9.17, 15) is 27.0 Å². The smallest absolute Gasteiger partial charge is 0.227 e. The summed E-state index contributed by atoms with van der Waals surface area (Å²) in [4.78, 5) is 43.6. The minimum Gasteiger partial charge on any atom is -0.341 e. The summed E-state index contributed by atoms with van der Waals surface area (Å²) in [6.45, 7) is 1.26. The fourth-order valence-corrected chi connectivity index (χ4v) is 8.63. The normalized spacial score (nSPS) is 18.7. The van der Waals surface area contributed by atoms with Crippen molar-refractivity contribution in [1.29, 1.82) is 0 Å². The maximum absolute atomic E-state index is 13.9. The SMILES string of the molecule is NCc1ccc(Cl)cc1CCC(=O)[C@@H]1CCCN1C(=O)[C@@H](CC(=O)N1CCS(=O)CC1)CS(=O)(=O)Cc1ccccc1. The zero-order chi connectivity index (χ0) is 30.3. The Kier molecular flexibility index (Phi) is 11.3. The van der Waals surface area contributed by atoms with E-state index >= 15 is 0 Å². The summed E-state index contributed by atoms with van der Waals surface area (Å²) in [5.41, 5.74) is 8.23. The average molecular weight is 636 g/mol. The quantitative estimate of drug-likeness (QED) is 0.379. The second-order valence-electron chi connectivity index (χ2n) is 10.9. The Bertz CT molecular complexity index is 1410. The largest absolute Gasteiger partial charge is 0.341 e. The van der Waals surface area contributed by atoms with Crippen molar-refractivity contribution in [3.63, 3.8) is 0 Å². The zero-order valence-electron chi connectivity index (χ0n) is 23.6. The molecule has 4 rings (SSSR count). The summed E-state index contributed by atoms with van der Waals surface area (Å²) in [5, 5.41) is 0.552. The molecule has 0 aromatic heterocycles. The van der Waals surface area contributed by atoms with Crippen LogP contribution in [0, 0.1) is 5.92 Å². The maximum atomic E-state index is 13.9. The van der Waals surface area contributed by atoms with Gasteiger partial charge in [0.2, 0.25) is 11.8 Å². The summed E-state index contributed by atoms with van der Waals surface area (Å²) in [5.74, 6) is -2.08.